The van der Waals surface area contributed by atoms with E-state index >= 15 is 0 Å². The molecule has 0 saturated carbocycles. The highest BCUT2D eigenvalue weighted by Crippen LogP contribution is 2.35. The zero-order valence-corrected chi connectivity index (χ0v) is 16.2. The van der Waals surface area contributed by atoms with Crippen LogP contribution in [0.4, 0.5) is 0 Å². The predicted molar refractivity (Wildman–Crippen MR) is 113 cm³/mol. The Hall–Kier alpha value is -3.73. The van der Waals surface area contributed by atoms with Crippen LogP contribution in [-0.4, -0.2) is 21.8 Å². The molecule has 1 aromatic heterocycles. The number of pyridine rings is 1. The monoisotopic (exact) mass is 381 g/mol. The number of amides is 1. The molecule has 2 heterocycles. The summed E-state index contributed by atoms with van der Waals surface area (Å²) < 4.78 is 6.31. The zero-order chi connectivity index (χ0) is 20.0. The van der Waals surface area contributed by atoms with Gasteiger partial charge in [-0.1, -0.05) is 54.6 Å². The van der Waals surface area contributed by atoms with E-state index < -0.39 is 6.23 Å². The van der Waals surface area contributed by atoms with Gasteiger partial charge in [0, 0.05) is 29.1 Å². The average molecular weight is 381 g/mol. The van der Waals surface area contributed by atoms with Crippen LogP contribution in [0.3, 0.4) is 0 Å². The van der Waals surface area contributed by atoms with Crippen LogP contribution in [0.25, 0.3) is 21.7 Å². The second-order valence-electron chi connectivity index (χ2n) is 7.14. The van der Waals surface area contributed by atoms with Gasteiger partial charge in [0.2, 0.25) is 18.0 Å². The fraction of sp³-hybridized carbons (Fsp3) is 0.125. The van der Waals surface area contributed by atoms with Crippen LogP contribution in [0.1, 0.15) is 30.0 Å². The smallest absolute Gasteiger partial charge is 0.243 e. The van der Waals surface area contributed by atoms with Gasteiger partial charge in [-0.3, -0.25) is 9.78 Å². The van der Waals surface area contributed by atoms with Crippen molar-refractivity contribution in [3.05, 3.63) is 89.6 Å². The van der Waals surface area contributed by atoms with E-state index in [1.165, 1.54) is 11.9 Å². The molecule has 1 aliphatic heterocycles. The van der Waals surface area contributed by atoms with Gasteiger partial charge in [-0.2, -0.15) is 5.01 Å². The Bertz CT molecular complexity index is 1290. The van der Waals surface area contributed by atoms with Crippen molar-refractivity contribution in [2.45, 2.75) is 20.1 Å². The molecule has 0 aliphatic carbocycles. The molecule has 4 aromatic rings. The molecule has 0 unspecified atom stereocenters. The summed E-state index contributed by atoms with van der Waals surface area (Å²) in [7, 11) is 0. The van der Waals surface area contributed by atoms with Gasteiger partial charge in [0.05, 0.1) is 5.52 Å². The van der Waals surface area contributed by atoms with Crippen LogP contribution in [0.2, 0.25) is 0 Å². The molecule has 0 radical (unpaired) electrons. The molecule has 29 heavy (non-hydrogen) atoms. The number of aromatic nitrogens is 1. The summed E-state index contributed by atoms with van der Waals surface area (Å²) in [6.45, 7) is 3.44. The average Bonchev–Trinajstić information content (AvgIpc) is 3.18. The van der Waals surface area contributed by atoms with Crippen LogP contribution in [0.15, 0.2) is 77.9 Å². The molecule has 0 bridgehead atoms. The van der Waals surface area contributed by atoms with Crippen LogP contribution in [-0.2, 0) is 9.53 Å². The van der Waals surface area contributed by atoms with Gasteiger partial charge in [-0.15, -0.1) is 5.10 Å². The lowest BCUT2D eigenvalue weighted by atomic mass is 10.0. The number of aryl methyl sites for hydroxylation is 1. The second-order valence-corrected chi connectivity index (χ2v) is 7.14. The van der Waals surface area contributed by atoms with E-state index in [4.69, 9.17) is 4.74 Å². The first-order chi connectivity index (χ1) is 14.1. The lowest BCUT2D eigenvalue weighted by molar-refractivity contribution is -0.135. The van der Waals surface area contributed by atoms with Crippen LogP contribution in [0, 0.1) is 6.92 Å². The Morgan fingerprint density at radius 3 is 2.52 bits per heavy atom. The standard InChI is InChI=1S/C24H19N3O2/c1-15-14-21(19-11-5-6-13-22(19)25-15)24-27(16(2)28)26-23(29-24)20-12-7-9-17-8-3-4-10-18(17)20/h3-14,24H,1-2H3/t24-/m0/s1. The minimum absolute atomic E-state index is 0.177. The molecule has 1 aliphatic rings. The van der Waals surface area contributed by atoms with Gasteiger partial charge in [0.15, 0.2) is 0 Å². The minimum atomic E-state index is -0.631. The number of carbonyl (C=O) groups is 1. The SMILES string of the molecule is CC(=O)N1N=C(c2cccc3ccccc23)O[C@H]1c1cc(C)nc2ccccc12. The Morgan fingerprint density at radius 2 is 1.69 bits per heavy atom. The molecule has 142 valence electrons. The maximum Gasteiger partial charge on any atom is 0.243 e. The van der Waals surface area contributed by atoms with E-state index in [-0.39, 0.29) is 5.91 Å². The summed E-state index contributed by atoms with van der Waals surface area (Å²) in [6.07, 6.45) is -0.631. The first-order valence-electron chi connectivity index (χ1n) is 9.51. The number of para-hydroxylation sites is 1. The molecule has 0 fully saturated rings. The molecule has 3 aromatic carbocycles. The molecule has 5 nitrogen and oxygen atoms in total. The maximum atomic E-state index is 12.4. The topological polar surface area (TPSA) is 54.8 Å². The van der Waals surface area contributed by atoms with Crippen molar-refractivity contribution in [3.8, 4) is 0 Å². The molecule has 0 saturated heterocycles. The Morgan fingerprint density at radius 1 is 0.966 bits per heavy atom. The maximum absolute atomic E-state index is 12.4. The third kappa shape index (κ3) is 2.91. The predicted octanol–water partition coefficient (Wildman–Crippen LogP) is 4.94. The molecule has 5 rings (SSSR count). The first kappa shape index (κ1) is 17.4. The number of carbonyl (C=O) groups excluding carboxylic acids is 1. The lowest BCUT2D eigenvalue weighted by Crippen LogP contribution is -2.25. The number of rotatable bonds is 2. The first-order valence-corrected chi connectivity index (χ1v) is 9.51. The van der Waals surface area contributed by atoms with Crippen LogP contribution >= 0.6 is 0 Å². The largest absolute Gasteiger partial charge is 0.446 e. The normalized spacial score (nSPS) is 16.1. The quantitative estimate of drug-likeness (QED) is 0.494. The van der Waals surface area contributed by atoms with E-state index in [0.717, 1.165) is 38.5 Å². The van der Waals surface area contributed by atoms with Crippen molar-refractivity contribution in [2.24, 2.45) is 5.10 Å². The van der Waals surface area contributed by atoms with Crippen molar-refractivity contribution in [1.82, 2.24) is 9.99 Å². The van der Waals surface area contributed by atoms with Gasteiger partial charge in [-0.25, -0.2) is 0 Å². The van der Waals surface area contributed by atoms with Crippen molar-refractivity contribution in [3.63, 3.8) is 0 Å². The van der Waals surface area contributed by atoms with Gasteiger partial charge >= 0.3 is 0 Å². The highest BCUT2D eigenvalue weighted by Gasteiger charge is 2.34. The number of ether oxygens (including phenoxy) is 1. The summed E-state index contributed by atoms with van der Waals surface area (Å²) in [6, 6.07) is 23.9. The van der Waals surface area contributed by atoms with Crippen molar-refractivity contribution in [2.75, 3.05) is 0 Å². The number of benzene rings is 3. The van der Waals surface area contributed by atoms with Gasteiger partial charge in [-0.05, 0) is 35.9 Å². The fourth-order valence-electron chi connectivity index (χ4n) is 3.83. The highest BCUT2D eigenvalue weighted by atomic mass is 16.5. The van der Waals surface area contributed by atoms with Gasteiger partial charge < -0.3 is 4.74 Å². The summed E-state index contributed by atoms with van der Waals surface area (Å²) in [5.41, 5.74) is 3.48. The van der Waals surface area contributed by atoms with Gasteiger partial charge in [0.1, 0.15) is 0 Å². The van der Waals surface area contributed by atoms with Crippen LogP contribution in [0.5, 0.6) is 0 Å². The molecular formula is C24H19N3O2. The van der Waals surface area contributed by atoms with Gasteiger partial charge in [0.25, 0.3) is 0 Å². The summed E-state index contributed by atoms with van der Waals surface area (Å²) in [4.78, 5) is 17.0. The number of hydrogen-bond acceptors (Lipinski definition) is 4. The summed E-state index contributed by atoms with van der Waals surface area (Å²) in [5.74, 6) is 0.268. The lowest BCUT2D eigenvalue weighted by Gasteiger charge is -2.21. The molecule has 1 atom stereocenters. The number of hydrogen-bond donors (Lipinski definition) is 0. The van der Waals surface area contributed by atoms with Crippen molar-refractivity contribution >= 4 is 33.5 Å². The van der Waals surface area contributed by atoms with E-state index in [9.17, 15) is 4.79 Å². The molecular weight excluding hydrogens is 362 g/mol. The summed E-state index contributed by atoms with van der Waals surface area (Å²) in [5, 5.41) is 9.06. The van der Waals surface area contributed by atoms with Crippen LogP contribution < -0.4 is 0 Å². The third-order valence-corrected chi connectivity index (χ3v) is 5.13. The van der Waals surface area contributed by atoms with Crippen molar-refractivity contribution in [1.29, 1.82) is 0 Å². The molecule has 1 amide bonds. The van der Waals surface area contributed by atoms with E-state index in [1.807, 2.05) is 79.7 Å². The number of fused-ring (bicyclic) bond motifs is 2. The minimum Gasteiger partial charge on any atom is -0.446 e. The number of hydrazone groups is 1. The third-order valence-electron chi connectivity index (χ3n) is 5.13. The van der Waals surface area contributed by atoms with E-state index in [1.54, 1.807) is 0 Å². The van der Waals surface area contributed by atoms with E-state index in [0.29, 0.717) is 5.90 Å². The van der Waals surface area contributed by atoms with E-state index in [2.05, 4.69) is 10.1 Å². The Labute approximate surface area is 168 Å². The zero-order valence-electron chi connectivity index (χ0n) is 16.2. The Balaban J connectivity index is 1.65. The number of nitrogens with zero attached hydrogens (tertiary/aromatic N) is 3. The molecule has 0 N–H and O–H groups in total. The highest BCUT2D eigenvalue weighted by molar-refractivity contribution is 6.08. The summed E-state index contributed by atoms with van der Waals surface area (Å²) >= 11 is 0. The Kier molecular flexibility index (Phi) is 4.02. The fourth-order valence-corrected chi connectivity index (χ4v) is 3.83. The van der Waals surface area contributed by atoms with Crippen molar-refractivity contribution < 1.29 is 9.53 Å². The second kappa shape index (κ2) is 6.71. The molecule has 0 spiro atoms. The molecule has 5 heteroatoms.